The first-order chi connectivity index (χ1) is 10.0. The van der Waals surface area contributed by atoms with Crippen LogP contribution in [0.15, 0.2) is 6.07 Å². The minimum Gasteiger partial charge on any atom is -0.397 e. The summed E-state index contributed by atoms with van der Waals surface area (Å²) in [6.45, 7) is 7.75. The molecule has 2 heterocycles. The van der Waals surface area contributed by atoms with Crippen LogP contribution in [0.4, 0.5) is 5.69 Å². The highest BCUT2D eigenvalue weighted by Crippen LogP contribution is 2.35. The van der Waals surface area contributed by atoms with Gasteiger partial charge in [-0.1, -0.05) is 0 Å². The number of pyridine rings is 1. The first-order valence-corrected chi connectivity index (χ1v) is 7.88. The molecule has 0 aliphatic heterocycles. The number of nitrogens with two attached hydrogens (primary N) is 1. The highest BCUT2D eigenvalue weighted by atomic mass is 32.1. The predicted octanol–water partition coefficient (Wildman–Crippen LogP) is 2.65. The molecule has 0 saturated carbocycles. The number of carbonyl (C=O) groups excluding carboxylic acids is 1. The Labute approximate surface area is 128 Å². The molecule has 0 radical (unpaired) electrons. The van der Waals surface area contributed by atoms with Crippen LogP contribution in [0, 0.1) is 13.8 Å². The fourth-order valence-electron chi connectivity index (χ4n) is 2.25. The molecule has 0 bridgehead atoms. The van der Waals surface area contributed by atoms with Crippen LogP contribution >= 0.6 is 11.3 Å². The van der Waals surface area contributed by atoms with Gasteiger partial charge in [0.05, 0.1) is 5.69 Å². The van der Waals surface area contributed by atoms with E-state index in [0.717, 1.165) is 27.9 Å². The second-order valence-electron chi connectivity index (χ2n) is 4.87. The zero-order valence-electron chi connectivity index (χ0n) is 12.7. The number of nitrogen functional groups attached to an aromatic ring is 1. The maximum Gasteiger partial charge on any atom is 0.263 e. The first kappa shape index (κ1) is 15.7. The van der Waals surface area contributed by atoms with E-state index >= 15 is 0 Å². The molecule has 2 rings (SSSR count). The van der Waals surface area contributed by atoms with Crippen LogP contribution in [0.2, 0.25) is 0 Å². The van der Waals surface area contributed by atoms with Gasteiger partial charge in [-0.05, 0) is 33.3 Å². The molecule has 0 aromatic carbocycles. The Morgan fingerprint density at radius 3 is 2.95 bits per heavy atom. The number of carbonyl (C=O) groups is 1. The van der Waals surface area contributed by atoms with Crippen molar-refractivity contribution >= 4 is 33.0 Å². The minimum atomic E-state index is -0.123. The number of thiophene rings is 1. The average molecular weight is 307 g/mol. The Hall–Kier alpha value is -1.66. The highest BCUT2D eigenvalue weighted by Gasteiger charge is 2.18. The molecule has 1 amide bonds. The van der Waals surface area contributed by atoms with Gasteiger partial charge in [-0.3, -0.25) is 9.78 Å². The van der Waals surface area contributed by atoms with Crippen LogP contribution in [-0.2, 0) is 4.74 Å². The number of hydrogen-bond acceptors (Lipinski definition) is 5. The van der Waals surface area contributed by atoms with Crippen LogP contribution in [0.1, 0.15) is 34.4 Å². The van der Waals surface area contributed by atoms with Gasteiger partial charge in [0, 0.05) is 41.2 Å². The summed E-state index contributed by atoms with van der Waals surface area (Å²) in [5.74, 6) is -0.123. The number of hydrogen-bond donors (Lipinski definition) is 2. The van der Waals surface area contributed by atoms with Gasteiger partial charge in [0.25, 0.3) is 5.91 Å². The summed E-state index contributed by atoms with van der Waals surface area (Å²) in [7, 11) is 0. The van der Waals surface area contributed by atoms with E-state index in [1.54, 1.807) is 0 Å². The summed E-state index contributed by atoms with van der Waals surface area (Å²) in [6, 6.07) is 1.97. The van der Waals surface area contributed by atoms with Crippen molar-refractivity contribution in [3.05, 3.63) is 22.3 Å². The number of fused-ring (bicyclic) bond motifs is 1. The zero-order valence-corrected chi connectivity index (χ0v) is 13.5. The fourth-order valence-corrected chi connectivity index (χ4v) is 3.43. The lowest BCUT2D eigenvalue weighted by Gasteiger charge is -2.04. The summed E-state index contributed by atoms with van der Waals surface area (Å²) < 4.78 is 6.25. The quantitative estimate of drug-likeness (QED) is 0.804. The number of aromatic nitrogens is 1. The molecule has 0 aliphatic carbocycles. The van der Waals surface area contributed by atoms with Crippen molar-refractivity contribution in [1.29, 1.82) is 0 Å². The maximum absolute atomic E-state index is 12.2. The average Bonchev–Trinajstić information content (AvgIpc) is 2.75. The van der Waals surface area contributed by atoms with Crippen molar-refractivity contribution in [3.63, 3.8) is 0 Å². The second kappa shape index (κ2) is 6.87. The van der Waals surface area contributed by atoms with Crippen molar-refractivity contribution in [2.75, 3.05) is 25.5 Å². The van der Waals surface area contributed by atoms with Gasteiger partial charge >= 0.3 is 0 Å². The molecule has 3 N–H and O–H groups in total. The lowest BCUT2D eigenvalue weighted by atomic mass is 10.2. The minimum absolute atomic E-state index is 0.123. The number of rotatable bonds is 6. The standard InChI is InChI=1S/C15H21N3O2S/c1-4-20-7-5-6-17-15(19)14-13(16)12-10(3)18-9(2)8-11(12)21-14/h8H,4-7,16H2,1-3H3,(H,17,19). The van der Waals surface area contributed by atoms with Crippen molar-refractivity contribution in [3.8, 4) is 0 Å². The van der Waals surface area contributed by atoms with Crippen molar-refractivity contribution in [2.24, 2.45) is 0 Å². The molecule has 0 saturated heterocycles. The number of aryl methyl sites for hydroxylation is 2. The third kappa shape index (κ3) is 3.51. The number of amides is 1. The summed E-state index contributed by atoms with van der Waals surface area (Å²) in [4.78, 5) is 17.2. The first-order valence-electron chi connectivity index (χ1n) is 7.06. The second-order valence-corrected chi connectivity index (χ2v) is 5.93. The van der Waals surface area contributed by atoms with Gasteiger partial charge in [0.15, 0.2) is 0 Å². The van der Waals surface area contributed by atoms with E-state index in [1.807, 2.05) is 26.8 Å². The summed E-state index contributed by atoms with van der Waals surface area (Å²) in [6.07, 6.45) is 0.796. The fraction of sp³-hybridized carbons (Fsp3) is 0.467. The van der Waals surface area contributed by atoms with Crippen molar-refractivity contribution < 1.29 is 9.53 Å². The molecular formula is C15H21N3O2S. The maximum atomic E-state index is 12.2. The number of nitrogens with one attached hydrogen (secondary N) is 1. The summed E-state index contributed by atoms with van der Waals surface area (Å²) in [5.41, 5.74) is 8.46. The largest absolute Gasteiger partial charge is 0.397 e. The van der Waals surface area contributed by atoms with Crippen LogP contribution < -0.4 is 11.1 Å². The number of ether oxygens (including phenoxy) is 1. The van der Waals surface area contributed by atoms with E-state index in [0.29, 0.717) is 30.3 Å². The Balaban J connectivity index is 2.13. The van der Waals surface area contributed by atoms with Crippen LogP contribution in [0.5, 0.6) is 0 Å². The molecule has 2 aromatic rings. The topological polar surface area (TPSA) is 77.2 Å². The van der Waals surface area contributed by atoms with Crippen LogP contribution in [0.3, 0.4) is 0 Å². The molecule has 0 atom stereocenters. The molecule has 114 valence electrons. The van der Waals surface area contributed by atoms with E-state index in [9.17, 15) is 4.79 Å². The molecule has 21 heavy (non-hydrogen) atoms. The van der Waals surface area contributed by atoms with Gasteiger partial charge in [-0.2, -0.15) is 0 Å². The van der Waals surface area contributed by atoms with E-state index in [-0.39, 0.29) is 5.91 Å². The van der Waals surface area contributed by atoms with Crippen LogP contribution in [-0.4, -0.2) is 30.6 Å². The van der Waals surface area contributed by atoms with E-state index < -0.39 is 0 Å². The van der Waals surface area contributed by atoms with Crippen molar-refractivity contribution in [1.82, 2.24) is 10.3 Å². The van der Waals surface area contributed by atoms with E-state index in [4.69, 9.17) is 10.5 Å². The molecule has 0 fully saturated rings. The van der Waals surface area contributed by atoms with Crippen molar-refractivity contribution in [2.45, 2.75) is 27.2 Å². The molecule has 5 nitrogen and oxygen atoms in total. The monoisotopic (exact) mass is 307 g/mol. The summed E-state index contributed by atoms with van der Waals surface area (Å²) >= 11 is 1.42. The smallest absolute Gasteiger partial charge is 0.263 e. The Morgan fingerprint density at radius 2 is 2.24 bits per heavy atom. The van der Waals surface area contributed by atoms with Gasteiger partial charge in [-0.25, -0.2) is 0 Å². The Morgan fingerprint density at radius 1 is 1.48 bits per heavy atom. The lowest BCUT2D eigenvalue weighted by Crippen LogP contribution is -2.25. The third-order valence-electron chi connectivity index (χ3n) is 3.18. The molecular weight excluding hydrogens is 286 g/mol. The normalized spacial score (nSPS) is 11.0. The Kier molecular flexibility index (Phi) is 5.14. The SMILES string of the molecule is CCOCCCNC(=O)c1sc2cc(C)nc(C)c2c1N. The number of nitrogens with zero attached hydrogens (tertiary/aromatic N) is 1. The van der Waals surface area contributed by atoms with Gasteiger partial charge in [0.1, 0.15) is 4.88 Å². The Bertz CT molecular complexity index is 652. The molecule has 0 unspecified atom stereocenters. The predicted molar refractivity (Wildman–Crippen MR) is 86.9 cm³/mol. The molecule has 6 heteroatoms. The highest BCUT2D eigenvalue weighted by molar-refractivity contribution is 7.21. The molecule has 0 spiro atoms. The lowest BCUT2D eigenvalue weighted by molar-refractivity contribution is 0.0949. The molecule has 2 aromatic heterocycles. The van der Waals surface area contributed by atoms with Crippen LogP contribution in [0.25, 0.3) is 10.1 Å². The van der Waals surface area contributed by atoms with E-state index in [2.05, 4.69) is 10.3 Å². The van der Waals surface area contributed by atoms with Gasteiger partial charge in [0.2, 0.25) is 0 Å². The van der Waals surface area contributed by atoms with Gasteiger partial charge in [-0.15, -0.1) is 11.3 Å². The summed E-state index contributed by atoms with van der Waals surface area (Å²) in [5, 5.41) is 3.78. The third-order valence-corrected chi connectivity index (χ3v) is 4.33. The molecule has 0 aliphatic rings. The zero-order chi connectivity index (χ0) is 15.4. The van der Waals surface area contributed by atoms with Gasteiger partial charge < -0.3 is 15.8 Å². The van der Waals surface area contributed by atoms with E-state index in [1.165, 1.54) is 11.3 Å². The number of anilines is 1.